The first kappa shape index (κ1) is 18.5. The monoisotopic (exact) mass is 350 g/mol. The number of hydrogen-bond donors (Lipinski definition) is 1. The van der Waals surface area contributed by atoms with E-state index in [2.05, 4.69) is 50.4 Å². The summed E-state index contributed by atoms with van der Waals surface area (Å²) in [6.45, 7) is 8.97. The van der Waals surface area contributed by atoms with Crippen molar-refractivity contribution in [3.8, 4) is 0 Å². The number of piperidine rings is 1. The van der Waals surface area contributed by atoms with Crippen LogP contribution < -0.4 is 5.32 Å². The van der Waals surface area contributed by atoms with E-state index in [1.165, 1.54) is 11.1 Å². The Hall–Kier alpha value is -2.29. The third-order valence-corrected chi connectivity index (χ3v) is 5.22. The highest BCUT2D eigenvalue weighted by Gasteiger charge is 2.25. The Balaban J connectivity index is 1.63. The summed E-state index contributed by atoms with van der Waals surface area (Å²) >= 11 is 0. The second-order valence-electron chi connectivity index (χ2n) is 8.30. The molecule has 0 spiro atoms. The van der Waals surface area contributed by atoms with Gasteiger partial charge in [0.25, 0.3) is 0 Å². The highest BCUT2D eigenvalue weighted by atomic mass is 16.2. The first-order valence-electron chi connectivity index (χ1n) is 9.60. The van der Waals surface area contributed by atoms with E-state index >= 15 is 0 Å². The van der Waals surface area contributed by atoms with E-state index in [4.69, 9.17) is 0 Å². The lowest BCUT2D eigenvalue weighted by molar-refractivity contribution is 0.179. The average Bonchev–Trinajstić information content (AvgIpc) is 2.66. The molecule has 0 aliphatic carbocycles. The Labute approximate surface area is 157 Å². The number of likely N-dealkylation sites (tertiary alicyclic amines) is 1. The van der Waals surface area contributed by atoms with Crippen molar-refractivity contribution in [1.82, 2.24) is 10.2 Å². The number of carbonyl (C=O) groups is 1. The van der Waals surface area contributed by atoms with Crippen molar-refractivity contribution >= 4 is 6.03 Å². The first-order valence-corrected chi connectivity index (χ1v) is 9.60. The minimum absolute atomic E-state index is 0.0468. The first-order chi connectivity index (χ1) is 12.4. The Bertz CT molecular complexity index is 733. The lowest BCUT2D eigenvalue weighted by atomic mass is 9.83. The molecule has 1 atom stereocenters. The van der Waals surface area contributed by atoms with E-state index in [1.807, 2.05) is 35.2 Å². The number of carbonyl (C=O) groups excluding carboxylic acids is 1. The number of hydrogen-bond acceptors (Lipinski definition) is 1. The molecule has 3 nitrogen and oxygen atoms in total. The summed E-state index contributed by atoms with van der Waals surface area (Å²) in [5, 5.41) is 3.06. The number of nitrogens with zero attached hydrogens (tertiary/aromatic N) is 1. The second-order valence-corrected chi connectivity index (χ2v) is 8.30. The minimum Gasteiger partial charge on any atom is -0.334 e. The van der Waals surface area contributed by atoms with Gasteiger partial charge in [-0.25, -0.2) is 4.79 Å². The highest BCUT2D eigenvalue weighted by Crippen LogP contribution is 2.30. The maximum Gasteiger partial charge on any atom is 0.317 e. The quantitative estimate of drug-likeness (QED) is 0.823. The van der Waals surface area contributed by atoms with Crippen LogP contribution in [0.2, 0.25) is 0 Å². The fourth-order valence-corrected chi connectivity index (χ4v) is 3.58. The summed E-state index contributed by atoms with van der Waals surface area (Å²) in [7, 11) is 0. The molecule has 26 heavy (non-hydrogen) atoms. The van der Waals surface area contributed by atoms with Gasteiger partial charge < -0.3 is 10.2 Å². The molecule has 1 aliphatic heterocycles. The predicted octanol–water partition coefficient (Wildman–Crippen LogP) is 5.07. The van der Waals surface area contributed by atoms with Crippen LogP contribution in [0.25, 0.3) is 0 Å². The van der Waals surface area contributed by atoms with Crippen molar-refractivity contribution in [1.29, 1.82) is 0 Å². The van der Waals surface area contributed by atoms with Crippen LogP contribution in [-0.2, 0) is 12.0 Å². The maximum absolute atomic E-state index is 12.6. The van der Waals surface area contributed by atoms with E-state index in [1.54, 1.807) is 0 Å². The highest BCUT2D eigenvalue weighted by molar-refractivity contribution is 5.74. The molecule has 3 rings (SSSR count). The van der Waals surface area contributed by atoms with Gasteiger partial charge in [-0.2, -0.15) is 0 Å². The van der Waals surface area contributed by atoms with Crippen LogP contribution in [0.5, 0.6) is 0 Å². The normalized spacial score (nSPS) is 17.8. The zero-order chi connectivity index (χ0) is 18.6. The van der Waals surface area contributed by atoms with Crippen molar-refractivity contribution in [2.24, 2.45) is 0 Å². The van der Waals surface area contributed by atoms with Crippen LogP contribution in [0, 0.1) is 0 Å². The third-order valence-electron chi connectivity index (χ3n) is 5.22. The van der Waals surface area contributed by atoms with Gasteiger partial charge in [0.1, 0.15) is 0 Å². The van der Waals surface area contributed by atoms with Gasteiger partial charge in [0, 0.05) is 25.6 Å². The molecule has 1 fully saturated rings. The van der Waals surface area contributed by atoms with Gasteiger partial charge in [0.2, 0.25) is 0 Å². The van der Waals surface area contributed by atoms with E-state index in [-0.39, 0.29) is 11.4 Å². The second kappa shape index (κ2) is 7.94. The van der Waals surface area contributed by atoms with E-state index < -0.39 is 0 Å². The Morgan fingerprint density at radius 1 is 1.12 bits per heavy atom. The molecule has 2 aromatic carbocycles. The number of benzene rings is 2. The molecule has 0 aromatic heterocycles. The maximum atomic E-state index is 12.6. The molecule has 0 radical (unpaired) electrons. The molecule has 1 unspecified atom stereocenters. The fourth-order valence-electron chi connectivity index (χ4n) is 3.58. The topological polar surface area (TPSA) is 32.3 Å². The van der Waals surface area contributed by atoms with Crippen molar-refractivity contribution in [3.63, 3.8) is 0 Å². The molecular formula is C23H30N2O. The van der Waals surface area contributed by atoms with Crippen LogP contribution in [-0.4, -0.2) is 24.0 Å². The Kier molecular flexibility index (Phi) is 5.65. The van der Waals surface area contributed by atoms with Crippen molar-refractivity contribution in [2.45, 2.75) is 51.5 Å². The van der Waals surface area contributed by atoms with Crippen molar-refractivity contribution < 1.29 is 4.79 Å². The van der Waals surface area contributed by atoms with Gasteiger partial charge in [0.05, 0.1) is 0 Å². The van der Waals surface area contributed by atoms with E-state index in [9.17, 15) is 4.79 Å². The van der Waals surface area contributed by atoms with E-state index in [0.29, 0.717) is 12.5 Å². The molecule has 3 heteroatoms. The van der Waals surface area contributed by atoms with E-state index in [0.717, 1.165) is 31.5 Å². The smallest absolute Gasteiger partial charge is 0.317 e. The molecule has 2 amide bonds. The zero-order valence-corrected chi connectivity index (χ0v) is 16.2. The largest absolute Gasteiger partial charge is 0.334 e. The fraction of sp³-hybridized carbons (Fsp3) is 0.435. The molecule has 1 saturated heterocycles. The summed E-state index contributed by atoms with van der Waals surface area (Å²) in [6, 6.07) is 19.0. The van der Waals surface area contributed by atoms with Gasteiger partial charge >= 0.3 is 6.03 Å². The summed E-state index contributed by atoms with van der Waals surface area (Å²) in [6.07, 6.45) is 2.21. The van der Waals surface area contributed by atoms with Gasteiger partial charge in [-0.05, 0) is 34.9 Å². The third kappa shape index (κ3) is 4.66. The molecule has 1 aliphatic rings. The van der Waals surface area contributed by atoms with Crippen molar-refractivity contribution in [3.05, 3.63) is 71.3 Å². The minimum atomic E-state index is 0.0468. The summed E-state index contributed by atoms with van der Waals surface area (Å²) < 4.78 is 0. The molecule has 2 aromatic rings. The SMILES string of the molecule is CC(C)(C)c1cccc(C2CCCN(C(=O)NCc3ccccc3)C2)c1. The number of nitrogens with one attached hydrogen (secondary N) is 1. The van der Waals surface area contributed by atoms with Gasteiger partial charge in [-0.3, -0.25) is 0 Å². The zero-order valence-electron chi connectivity index (χ0n) is 16.2. The lowest BCUT2D eigenvalue weighted by Gasteiger charge is -2.33. The van der Waals surface area contributed by atoms with Crippen LogP contribution in [0.4, 0.5) is 4.79 Å². The predicted molar refractivity (Wildman–Crippen MR) is 107 cm³/mol. The van der Waals surface area contributed by atoms with Gasteiger partial charge in [-0.15, -0.1) is 0 Å². The number of urea groups is 1. The van der Waals surface area contributed by atoms with Crippen LogP contribution in [0.3, 0.4) is 0 Å². The molecule has 0 bridgehead atoms. The van der Waals surface area contributed by atoms with Gasteiger partial charge in [-0.1, -0.05) is 75.4 Å². The molecule has 0 saturated carbocycles. The molecule has 1 heterocycles. The number of amides is 2. The molecule has 1 N–H and O–H groups in total. The summed E-state index contributed by atoms with van der Waals surface area (Å²) in [5.74, 6) is 0.425. The standard InChI is InChI=1S/C23H30N2O/c1-23(2,3)21-13-7-11-19(15-21)20-12-8-14-25(17-20)22(26)24-16-18-9-5-4-6-10-18/h4-7,9-11,13,15,20H,8,12,14,16-17H2,1-3H3,(H,24,26). The number of rotatable bonds is 3. The Morgan fingerprint density at radius 2 is 1.88 bits per heavy atom. The average molecular weight is 351 g/mol. The molecular weight excluding hydrogens is 320 g/mol. The van der Waals surface area contributed by atoms with Gasteiger partial charge in [0.15, 0.2) is 0 Å². The lowest BCUT2D eigenvalue weighted by Crippen LogP contribution is -2.44. The summed E-state index contributed by atoms with van der Waals surface area (Å²) in [4.78, 5) is 14.6. The van der Waals surface area contributed by atoms with Crippen LogP contribution in [0.1, 0.15) is 56.2 Å². The van der Waals surface area contributed by atoms with Crippen LogP contribution >= 0.6 is 0 Å². The van der Waals surface area contributed by atoms with Crippen molar-refractivity contribution in [2.75, 3.05) is 13.1 Å². The summed E-state index contributed by atoms with van der Waals surface area (Å²) in [5.41, 5.74) is 4.00. The molecule has 138 valence electrons. The van der Waals surface area contributed by atoms with Crippen LogP contribution in [0.15, 0.2) is 54.6 Å². The Morgan fingerprint density at radius 3 is 2.62 bits per heavy atom.